The van der Waals surface area contributed by atoms with Gasteiger partial charge in [0.2, 0.25) is 17.7 Å². The lowest BCUT2D eigenvalue weighted by atomic mass is 10.1. The van der Waals surface area contributed by atoms with E-state index < -0.39 is 5.91 Å². The minimum absolute atomic E-state index is 0.0978. The lowest BCUT2D eigenvalue weighted by molar-refractivity contribution is -0.123. The van der Waals surface area contributed by atoms with E-state index in [4.69, 9.17) is 5.73 Å². The maximum absolute atomic E-state index is 12.3. The normalized spacial score (nSPS) is 10.6. The smallest absolute Gasteiger partial charge is 0.248 e. The van der Waals surface area contributed by atoms with E-state index in [9.17, 15) is 14.4 Å². The molecule has 0 bridgehead atoms. The van der Waals surface area contributed by atoms with E-state index in [0.717, 1.165) is 21.3 Å². The van der Waals surface area contributed by atoms with Crippen LogP contribution in [0.3, 0.4) is 0 Å². The second-order valence-electron chi connectivity index (χ2n) is 7.10. The standard InChI is InChI=1S/C24H20N4O3S/c25-24(31)16-6-9-18(10-7-16)27-22(30)14-26-21(29)13-23-28-19-11-8-17(12-20(19)32-23)15-4-2-1-3-5-15/h1-12H,13-14H2,(H2,25,31)(H,26,29)(H,27,30). The van der Waals surface area contributed by atoms with Gasteiger partial charge >= 0.3 is 0 Å². The molecular formula is C24H20N4O3S. The third kappa shape index (κ3) is 5.16. The second kappa shape index (κ2) is 9.40. The van der Waals surface area contributed by atoms with E-state index in [1.807, 2.05) is 42.5 Å². The number of primary amides is 1. The van der Waals surface area contributed by atoms with Gasteiger partial charge in [0.1, 0.15) is 5.01 Å². The number of nitrogens with two attached hydrogens (primary N) is 1. The Morgan fingerprint density at radius 1 is 0.875 bits per heavy atom. The summed E-state index contributed by atoms with van der Waals surface area (Å²) in [6, 6.07) is 22.3. The molecule has 0 aliphatic heterocycles. The summed E-state index contributed by atoms with van der Waals surface area (Å²) in [6.07, 6.45) is 0.0978. The molecule has 32 heavy (non-hydrogen) atoms. The molecule has 4 aromatic rings. The lowest BCUT2D eigenvalue weighted by Gasteiger charge is -2.07. The number of hydrogen-bond donors (Lipinski definition) is 3. The predicted molar refractivity (Wildman–Crippen MR) is 125 cm³/mol. The van der Waals surface area contributed by atoms with Gasteiger partial charge in [-0.2, -0.15) is 0 Å². The Bertz CT molecular complexity index is 1280. The van der Waals surface area contributed by atoms with Crippen molar-refractivity contribution in [2.45, 2.75) is 6.42 Å². The summed E-state index contributed by atoms with van der Waals surface area (Å²) in [7, 11) is 0. The summed E-state index contributed by atoms with van der Waals surface area (Å²) in [5.41, 5.74) is 9.11. The summed E-state index contributed by atoms with van der Waals surface area (Å²) >= 11 is 1.46. The predicted octanol–water partition coefficient (Wildman–Crippen LogP) is 3.36. The van der Waals surface area contributed by atoms with Crippen LogP contribution >= 0.6 is 11.3 Å². The molecule has 1 heterocycles. The van der Waals surface area contributed by atoms with E-state index in [2.05, 4.69) is 21.7 Å². The average Bonchev–Trinajstić information content (AvgIpc) is 3.20. The molecule has 4 rings (SSSR count). The highest BCUT2D eigenvalue weighted by Gasteiger charge is 2.12. The number of hydrogen-bond acceptors (Lipinski definition) is 5. The third-order valence-electron chi connectivity index (χ3n) is 4.75. The Kier molecular flexibility index (Phi) is 6.23. The first kappa shape index (κ1) is 21.2. The van der Waals surface area contributed by atoms with Gasteiger partial charge in [-0.25, -0.2) is 4.98 Å². The second-order valence-corrected chi connectivity index (χ2v) is 8.21. The fraction of sp³-hybridized carbons (Fsp3) is 0.0833. The molecule has 0 spiro atoms. The summed E-state index contributed by atoms with van der Waals surface area (Å²) in [5.74, 6) is -1.20. The number of thiazole rings is 1. The number of rotatable bonds is 7. The van der Waals surface area contributed by atoms with Crippen LogP contribution in [0, 0.1) is 0 Å². The van der Waals surface area contributed by atoms with E-state index in [-0.39, 0.29) is 24.8 Å². The Balaban J connectivity index is 1.32. The van der Waals surface area contributed by atoms with Crippen molar-refractivity contribution in [2.75, 3.05) is 11.9 Å². The van der Waals surface area contributed by atoms with Gasteiger partial charge in [-0.1, -0.05) is 36.4 Å². The molecule has 0 aliphatic rings. The van der Waals surface area contributed by atoms with Crippen LogP contribution in [0.1, 0.15) is 15.4 Å². The van der Waals surface area contributed by atoms with Crippen molar-refractivity contribution < 1.29 is 14.4 Å². The zero-order chi connectivity index (χ0) is 22.5. The molecule has 0 saturated heterocycles. The van der Waals surface area contributed by atoms with E-state index in [0.29, 0.717) is 16.3 Å². The highest BCUT2D eigenvalue weighted by Crippen LogP contribution is 2.28. The van der Waals surface area contributed by atoms with Gasteiger partial charge in [-0.05, 0) is 47.5 Å². The fourth-order valence-corrected chi connectivity index (χ4v) is 4.17. The number of amides is 3. The number of fused-ring (bicyclic) bond motifs is 1. The molecule has 0 radical (unpaired) electrons. The Morgan fingerprint density at radius 2 is 1.62 bits per heavy atom. The van der Waals surface area contributed by atoms with Gasteiger partial charge in [-0.3, -0.25) is 14.4 Å². The zero-order valence-corrected chi connectivity index (χ0v) is 17.8. The average molecular weight is 445 g/mol. The van der Waals surface area contributed by atoms with Crippen LogP contribution in [0.5, 0.6) is 0 Å². The maximum Gasteiger partial charge on any atom is 0.248 e. The van der Waals surface area contributed by atoms with Gasteiger partial charge in [0.15, 0.2) is 0 Å². The summed E-state index contributed by atoms with van der Waals surface area (Å²) in [4.78, 5) is 40.0. The van der Waals surface area contributed by atoms with Crippen LogP contribution in [0.15, 0.2) is 72.8 Å². The van der Waals surface area contributed by atoms with Gasteiger partial charge in [0, 0.05) is 11.3 Å². The Labute approximate surface area is 188 Å². The minimum atomic E-state index is -0.540. The van der Waals surface area contributed by atoms with Crippen molar-refractivity contribution in [1.29, 1.82) is 0 Å². The van der Waals surface area contributed by atoms with E-state index >= 15 is 0 Å². The van der Waals surface area contributed by atoms with Crippen LogP contribution in [0.25, 0.3) is 21.3 Å². The molecule has 3 aromatic carbocycles. The molecule has 0 unspecified atom stereocenters. The lowest BCUT2D eigenvalue weighted by Crippen LogP contribution is -2.33. The Hall–Kier alpha value is -4.04. The van der Waals surface area contributed by atoms with Crippen LogP contribution in [-0.4, -0.2) is 29.3 Å². The summed E-state index contributed by atoms with van der Waals surface area (Å²) in [6.45, 7) is -0.167. The molecule has 0 fully saturated rings. The van der Waals surface area contributed by atoms with Crippen LogP contribution in [0.2, 0.25) is 0 Å². The van der Waals surface area contributed by atoms with Crippen LogP contribution in [-0.2, 0) is 16.0 Å². The SMILES string of the molecule is NC(=O)c1ccc(NC(=O)CNC(=O)Cc2nc3ccc(-c4ccccc4)cc3s2)cc1. The number of nitrogens with zero attached hydrogens (tertiary/aromatic N) is 1. The van der Waals surface area contributed by atoms with Crippen molar-refractivity contribution in [3.8, 4) is 11.1 Å². The first-order valence-corrected chi connectivity index (χ1v) is 10.7. The molecule has 1 aromatic heterocycles. The minimum Gasteiger partial charge on any atom is -0.366 e. The van der Waals surface area contributed by atoms with Crippen molar-refractivity contribution in [3.63, 3.8) is 0 Å². The number of benzene rings is 3. The largest absolute Gasteiger partial charge is 0.366 e. The maximum atomic E-state index is 12.3. The van der Waals surface area contributed by atoms with Gasteiger partial charge < -0.3 is 16.4 Å². The first-order chi connectivity index (χ1) is 15.5. The van der Waals surface area contributed by atoms with E-state index in [1.165, 1.54) is 23.5 Å². The highest BCUT2D eigenvalue weighted by molar-refractivity contribution is 7.18. The summed E-state index contributed by atoms with van der Waals surface area (Å²) in [5, 5.41) is 5.94. The Morgan fingerprint density at radius 3 is 2.34 bits per heavy atom. The van der Waals surface area contributed by atoms with Crippen LogP contribution < -0.4 is 16.4 Å². The molecule has 160 valence electrons. The number of anilines is 1. The van der Waals surface area contributed by atoms with Gasteiger partial charge in [0.25, 0.3) is 0 Å². The first-order valence-electron chi connectivity index (χ1n) is 9.89. The number of carbonyl (C=O) groups excluding carboxylic acids is 3. The summed E-state index contributed by atoms with van der Waals surface area (Å²) < 4.78 is 1.01. The molecule has 7 nitrogen and oxygen atoms in total. The molecule has 8 heteroatoms. The van der Waals surface area contributed by atoms with E-state index in [1.54, 1.807) is 12.1 Å². The van der Waals surface area contributed by atoms with Crippen LogP contribution in [0.4, 0.5) is 5.69 Å². The van der Waals surface area contributed by atoms with Crippen molar-refractivity contribution in [2.24, 2.45) is 5.73 Å². The quantitative estimate of drug-likeness (QED) is 0.405. The molecule has 0 aliphatic carbocycles. The number of nitrogens with one attached hydrogen (secondary N) is 2. The number of aromatic nitrogens is 1. The molecular weight excluding hydrogens is 424 g/mol. The van der Waals surface area contributed by atoms with Gasteiger partial charge in [-0.15, -0.1) is 11.3 Å². The fourth-order valence-electron chi connectivity index (χ4n) is 3.16. The van der Waals surface area contributed by atoms with Gasteiger partial charge in [0.05, 0.1) is 23.2 Å². The third-order valence-corrected chi connectivity index (χ3v) is 5.77. The highest BCUT2D eigenvalue weighted by atomic mass is 32.1. The zero-order valence-electron chi connectivity index (χ0n) is 17.0. The molecule has 0 atom stereocenters. The molecule has 0 saturated carbocycles. The molecule has 3 amide bonds. The van der Waals surface area contributed by atoms with Crippen molar-refractivity contribution in [3.05, 3.63) is 83.4 Å². The monoisotopic (exact) mass is 444 g/mol. The van der Waals surface area contributed by atoms with Crippen molar-refractivity contribution >= 4 is 45.0 Å². The number of carbonyl (C=O) groups is 3. The molecule has 4 N–H and O–H groups in total. The van der Waals surface area contributed by atoms with Crippen molar-refractivity contribution in [1.82, 2.24) is 10.3 Å². The topological polar surface area (TPSA) is 114 Å².